The normalized spacial score (nSPS) is 15.1. The zero-order chi connectivity index (χ0) is 18.4. The molecule has 0 radical (unpaired) electrons. The van der Waals surface area contributed by atoms with E-state index in [1.54, 1.807) is 6.20 Å². The Bertz CT molecular complexity index is 726. The van der Waals surface area contributed by atoms with Crippen LogP contribution in [0.1, 0.15) is 28.5 Å². The molecule has 1 saturated heterocycles. The Balaban J connectivity index is 1.56. The van der Waals surface area contributed by atoms with E-state index in [2.05, 4.69) is 44.1 Å². The van der Waals surface area contributed by atoms with Crippen LogP contribution in [-0.4, -0.2) is 60.0 Å². The molecule has 1 aliphatic rings. The standard InChI is InChI=1S/C20H27N5O/c1-3-24-11-13-25(14-12-24)20-22-15-18(16(2)23-20)19(26)21-10-9-17-7-5-4-6-8-17/h4-8,15H,3,9-14H2,1-2H3,(H,21,26). The van der Waals surface area contributed by atoms with Gasteiger partial charge in [-0.1, -0.05) is 37.3 Å². The molecule has 1 aromatic carbocycles. The van der Waals surface area contributed by atoms with Crippen molar-refractivity contribution in [3.63, 3.8) is 0 Å². The summed E-state index contributed by atoms with van der Waals surface area (Å²) in [5, 5.41) is 2.96. The molecule has 1 amide bonds. The van der Waals surface area contributed by atoms with Gasteiger partial charge in [0.1, 0.15) is 0 Å². The second-order valence-electron chi connectivity index (χ2n) is 6.58. The lowest BCUT2D eigenvalue weighted by molar-refractivity contribution is 0.0952. The average molecular weight is 353 g/mol. The predicted octanol–water partition coefficient (Wildman–Crippen LogP) is 1.90. The SMILES string of the molecule is CCN1CCN(c2ncc(C(=O)NCCc3ccccc3)c(C)n2)CC1. The van der Waals surface area contributed by atoms with Gasteiger partial charge in [0.05, 0.1) is 11.3 Å². The maximum Gasteiger partial charge on any atom is 0.254 e. The molecule has 0 spiro atoms. The van der Waals surface area contributed by atoms with E-state index >= 15 is 0 Å². The molecular weight excluding hydrogens is 326 g/mol. The number of rotatable bonds is 6. The third-order valence-corrected chi connectivity index (χ3v) is 4.86. The van der Waals surface area contributed by atoms with Gasteiger partial charge in [0, 0.05) is 38.9 Å². The number of carbonyl (C=O) groups is 1. The molecular formula is C20H27N5O. The number of nitrogens with zero attached hydrogens (tertiary/aromatic N) is 4. The van der Waals surface area contributed by atoms with Crippen molar-refractivity contribution in [1.29, 1.82) is 0 Å². The lowest BCUT2D eigenvalue weighted by Gasteiger charge is -2.34. The second kappa shape index (κ2) is 8.76. The fraction of sp³-hybridized carbons (Fsp3) is 0.450. The van der Waals surface area contributed by atoms with Crippen molar-refractivity contribution < 1.29 is 4.79 Å². The number of hydrogen-bond donors (Lipinski definition) is 1. The van der Waals surface area contributed by atoms with Crippen LogP contribution in [0.3, 0.4) is 0 Å². The highest BCUT2D eigenvalue weighted by Crippen LogP contribution is 2.13. The summed E-state index contributed by atoms with van der Waals surface area (Å²) in [4.78, 5) is 26.0. The highest BCUT2D eigenvalue weighted by atomic mass is 16.1. The zero-order valence-electron chi connectivity index (χ0n) is 15.6. The van der Waals surface area contributed by atoms with Gasteiger partial charge in [-0.2, -0.15) is 0 Å². The third-order valence-electron chi connectivity index (χ3n) is 4.86. The molecule has 3 rings (SSSR count). The molecule has 1 aliphatic heterocycles. The summed E-state index contributed by atoms with van der Waals surface area (Å²) in [6.07, 6.45) is 2.47. The summed E-state index contributed by atoms with van der Waals surface area (Å²) in [5.74, 6) is 0.611. The fourth-order valence-electron chi connectivity index (χ4n) is 3.15. The van der Waals surface area contributed by atoms with Gasteiger partial charge in [-0.05, 0) is 25.5 Å². The van der Waals surface area contributed by atoms with E-state index in [4.69, 9.17) is 0 Å². The van der Waals surface area contributed by atoms with Crippen molar-refractivity contribution >= 4 is 11.9 Å². The molecule has 2 heterocycles. The van der Waals surface area contributed by atoms with E-state index in [9.17, 15) is 4.79 Å². The maximum absolute atomic E-state index is 12.4. The van der Waals surface area contributed by atoms with E-state index in [1.807, 2.05) is 25.1 Å². The number of hydrogen-bond acceptors (Lipinski definition) is 5. The van der Waals surface area contributed by atoms with Gasteiger partial charge < -0.3 is 15.1 Å². The summed E-state index contributed by atoms with van der Waals surface area (Å²) in [6, 6.07) is 10.1. The van der Waals surface area contributed by atoms with Crippen LogP contribution < -0.4 is 10.2 Å². The highest BCUT2D eigenvalue weighted by Gasteiger charge is 2.19. The molecule has 0 saturated carbocycles. The van der Waals surface area contributed by atoms with E-state index in [0.29, 0.717) is 12.1 Å². The van der Waals surface area contributed by atoms with E-state index in [-0.39, 0.29) is 5.91 Å². The molecule has 0 bridgehead atoms. The van der Waals surface area contributed by atoms with E-state index < -0.39 is 0 Å². The number of amides is 1. The Morgan fingerprint density at radius 2 is 1.88 bits per heavy atom. The Kier molecular flexibility index (Phi) is 6.17. The van der Waals surface area contributed by atoms with Crippen molar-refractivity contribution in [3.8, 4) is 0 Å². The molecule has 138 valence electrons. The van der Waals surface area contributed by atoms with Crippen LogP contribution >= 0.6 is 0 Å². The second-order valence-corrected chi connectivity index (χ2v) is 6.58. The zero-order valence-corrected chi connectivity index (χ0v) is 15.6. The van der Waals surface area contributed by atoms with Gasteiger partial charge in [0.25, 0.3) is 5.91 Å². The monoisotopic (exact) mass is 353 g/mol. The quantitative estimate of drug-likeness (QED) is 0.859. The predicted molar refractivity (Wildman–Crippen MR) is 104 cm³/mol. The van der Waals surface area contributed by atoms with Crippen LogP contribution in [0, 0.1) is 6.92 Å². The van der Waals surface area contributed by atoms with Gasteiger partial charge in [-0.25, -0.2) is 9.97 Å². The number of anilines is 1. The smallest absolute Gasteiger partial charge is 0.254 e. The third kappa shape index (κ3) is 4.58. The molecule has 1 N–H and O–H groups in total. The first-order valence-corrected chi connectivity index (χ1v) is 9.30. The minimum atomic E-state index is -0.110. The first-order valence-electron chi connectivity index (χ1n) is 9.30. The van der Waals surface area contributed by atoms with Gasteiger partial charge in [-0.15, -0.1) is 0 Å². The molecule has 1 aromatic heterocycles. The van der Waals surface area contributed by atoms with Gasteiger partial charge in [-0.3, -0.25) is 4.79 Å². The van der Waals surface area contributed by atoms with E-state index in [0.717, 1.165) is 50.8 Å². The highest BCUT2D eigenvalue weighted by molar-refractivity contribution is 5.95. The first-order chi connectivity index (χ1) is 12.7. The number of likely N-dealkylation sites (N-methyl/N-ethyl adjacent to an activating group) is 1. The van der Waals surface area contributed by atoms with Crippen LogP contribution in [-0.2, 0) is 6.42 Å². The lowest BCUT2D eigenvalue weighted by Crippen LogP contribution is -2.46. The molecule has 0 aliphatic carbocycles. The lowest BCUT2D eigenvalue weighted by atomic mass is 10.1. The van der Waals surface area contributed by atoms with Gasteiger partial charge in [0.2, 0.25) is 5.95 Å². The Morgan fingerprint density at radius 1 is 1.15 bits per heavy atom. The molecule has 0 atom stereocenters. The van der Waals surface area contributed by atoms with Crippen LogP contribution in [0.5, 0.6) is 0 Å². The minimum Gasteiger partial charge on any atom is -0.352 e. The number of benzene rings is 1. The summed E-state index contributed by atoms with van der Waals surface area (Å²) in [6.45, 7) is 9.65. The Labute approximate surface area is 155 Å². The number of nitrogens with one attached hydrogen (secondary N) is 1. The maximum atomic E-state index is 12.4. The van der Waals surface area contributed by atoms with Crippen molar-refractivity contribution in [3.05, 3.63) is 53.3 Å². The van der Waals surface area contributed by atoms with Crippen molar-refractivity contribution in [2.24, 2.45) is 0 Å². The first kappa shape index (κ1) is 18.3. The van der Waals surface area contributed by atoms with Crippen molar-refractivity contribution in [1.82, 2.24) is 20.2 Å². The van der Waals surface area contributed by atoms with Crippen LogP contribution in [0.2, 0.25) is 0 Å². The molecule has 0 unspecified atom stereocenters. The molecule has 6 nitrogen and oxygen atoms in total. The average Bonchev–Trinajstić information content (AvgIpc) is 2.68. The topological polar surface area (TPSA) is 61.4 Å². The van der Waals surface area contributed by atoms with Gasteiger partial charge in [0.15, 0.2) is 0 Å². The number of aromatic nitrogens is 2. The summed E-state index contributed by atoms with van der Waals surface area (Å²) in [5.41, 5.74) is 2.49. The van der Waals surface area contributed by atoms with Crippen LogP contribution in [0.4, 0.5) is 5.95 Å². The number of carbonyl (C=O) groups excluding carboxylic acids is 1. The largest absolute Gasteiger partial charge is 0.352 e. The minimum absolute atomic E-state index is 0.110. The van der Waals surface area contributed by atoms with Gasteiger partial charge >= 0.3 is 0 Å². The van der Waals surface area contributed by atoms with Crippen LogP contribution in [0.25, 0.3) is 0 Å². The molecule has 1 fully saturated rings. The summed E-state index contributed by atoms with van der Waals surface area (Å²) >= 11 is 0. The summed E-state index contributed by atoms with van der Waals surface area (Å²) in [7, 11) is 0. The van der Waals surface area contributed by atoms with Crippen molar-refractivity contribution in [2.75, 3.05) is 44.2 Å². The molecule has 6 heteroatoms. The van der Waals surface area contributed by atoms with E-state index in [1.165, 1.54) is 5.56 Å². The fourth-order valence-corrected chi connectivity index (χ4v) is 3.15. The number of aryl methyl sites for hydroxylation is 1. The van der Waals surface area contributed by atoms with Crippen LogP contribution in [0.15, 0.2) is 36.5 Å². The Morgan fingerprint density at radius 3 is 2.54 bits per heavy atom. The molecule has 26 heavy (non-hydrogen) atoms. The molecule has 2 aromatic rings. The van der Waals surface area contributed by atoms with Crippen molar-refractivity contribution in [2.45, 2.75) is 20.3 Å². The summed E-state index contributed by atoms with van der Waals surface area (Å²) < 4.78 is 0. The number of piperazine rings is 1. The Hall–Kier alpha value is -2.47.